The summed E-state index contributed by atoms with van der Waals surface area (Å²) in [7, 11) is 1.41. The van der Waals surface area contributed by atoms with Crippen LogP contribution in [0.15, 0.2) is 84.9 Å². The fraction of sp³-hybridized carbons (Fsp3) is 0.389. The van der Waals surface area contributed by atoms with E-state index < -0.39 is 10.8 Å². The van der Waals surface area contributed by atoms with Gasteiger partial charge in [0.2, 0.25) is 0 Å². The van der Waals surface area contributed by atoms with Gasteiger partial charge in [0.1, 0.15) is 6.61 Å². The average molecular weight is 539 g/mol. The lowest BCUT2D eigenvalue weighted by atomic mass is 9.73. The standard InChI is InChI=1S/C36H42O4/c1-6-26(27-14-8-7-9-15-27)20-21-36(4,23-22-35(2,3)33(37)39-5)34(38)40-25-32-30-18-12-10-16-28(30)24-29-17-11-13-19-31(29)32/h7-19,24,26H,6,20-23,25H2,1-5H3. The van der Waals surface area contributed by atoms with E-state index in [-0.39, 0.29) is 18.5 Å². The summed E-state index contributed by atoms with van der Waals surface area (Å²) in [5.41, 5.74) is 0.882. The van der Waals surface area contributed by atoms with Crippen LogP contribution in [-0.4, -0.2) is 19.0 Å². The van der Waals surface area contributed by atoms with Gasteiger partial charge in [-0.25, -0.2) is 0 Å². The molecule has 4 aromatic rings. The van der Waals surface area contributed by atoms with Gasteiger partial charge in [0.25, 0.3) is 0 Å². The van der Waals surface area contributed by atoms with Gasteiger partial charge < -0.3 is 9.47 Å². The molecule has 0 aliphatic heterocycles. The fourth-order valence-electron chi connectivity index (χ4n) is 5.70. The minimum atomic E-state index is -0.742. The number of hydrogen-bond acceptors (Lipinski definition) is 4. The SMILES string of the molecule is CCC(CCC(C)(CCC(C)(C)C(=O)OC)C(=O)OCc1c2ccccc2cc2ccccc12)c1ccccc1. The van der Waals surface area contributed by atoms with Crippen LogP contribution in [0, 0.1) is 10.8 Å². The molecule has 40 heavy (non-hydrogen) atoms. The molecule has 2 unspecified atom stereocenters. The summed E-state index contributed by atoms with van der Waals surface area (Å²) in [5, 5.41) is 4.45. The van der Waals surface area contributed by atoms with Gasteiger partial charge in [0.05, 0.1) is 17.9 Å². The van der Waals surface area contributed by atoms with Crippen molar-refractivity contribution < 1.29 is 19.1 Å². The highest BCUT2D eigenvalue weighted by atomic mass is 16.5. The summed E-state index contributed by atoms with van der Waals surface area (Å²) < 4.78 is 11.2. The summed E-state index contributed by atoms with van der Waals surface area (Å²) >= 11 is 0. The molecule has 0 N–H and O–H groups in total. The molecule has 4 nitrogen and oxygen atoms in total. The zero-order valence-corrected chi connectivity index (χ0v) is 24.5. The molecule has 0 spiro atoms. The Kier molecular flexibility index (Phi) is 9.29. The van der Waals surface area contributed by atoms with Crippen LogP contribution < -0.4 is 0 Å². The van der Waals surface area contributed by atoms with Gasteiger partial charge in [0, 0.05) is 5.56 Å². The first-order chi connectivity index (χ1) is 19.2. The number of rotatable bonds is 12. The van der Waals surface area contributed by atoms with Crippen molar-refractivity contribution in [1.82, 2.24) is 0 Å². The van der Waals surface area contributed by atoms with Crippen molar-refractivity contribution in [3.63, 3.8) is 0 Å². The number of methoxy groups -OCH3 is 1. The highest BCUT2D eigenvalue weighted by Crippen LogP contribution is 2.40. The fourth-order valence-corrected chi connectivity index (χ4v) is 5.70. The van der Waals surface area contributed by atoms with Crippen LogP contribution in [0.2, 0.25) is 0 Å². The Balaban J connectivity index is 1.60. The van der Waals surface area contributed by atoms with Crippen LogP contribution in [-0.2, 0) is 25.7 Å². The van der Waals surface area contributed by atoms with Gasteiger partial charge in [0.15, 0.2) is 0 Å². The Morgan fingerprint density at radius 2 is 1.32 bits per heavy atom. The van der Waals surface area contributed by atoms with E-state index in [2.05, 4.69) is 61.5 Å². The smallest absolute Gasteiger partial charge is 0.312 e. The number of ether oxygens (including phenoxy) is 2. The molecule has 0 saturated carbocycles. The maximum absolute atomic E-state index is 14.0. The molecular formula is C36H42O4. The van der Waals surface area contributed by atoms with Gasteiger partial charge in [-0.2, -0.15) is 0 Å². The van der Waals surface area contributed by atoms with Gasteiger partial charge in [-0.3, -0.25) is 9.59 Å². The molecule has 0 radical (unpaired) electrons. The third-order valence-electron chi connectivity index (χ3n) is 8.57. The van der Waals surface area contributed by atoms with Crippen molar-refractivity contribution in [3.05, 3.63) is 96.1 Å². The number of hydrogen-bond donors (Lipinski definition) is 0. The maximum atomic E-state index is 14.0. The van der Waals surface area contributed by atoms with Gasteiger partial charge in [-0.1, -0.05) is 85.8 Å². The molecule has 4 rings (SSSR count). The van der Waals surface area contributed by atoms with E-state index in [1.165, 1.54) is 12.7 Å². The van der Waals surface area contributed by atoms with E-state index in [4.69, 9.17) is 9.47 Å². The summed E-state index contributed by atoms with van der Waals surface area (Å²) in [6.45, 7) is 8.16. The third kappa shape index (κ3) is 6.55. The van der Waals surface area contributed by atoms with E-state index in [0.717, 1.165) is 39.9 Å². The number of benzene rings is 4. The zero-order chi connectivity index (χ0) is 28.8. The Labute approximate surface area is 238 Å². The van der Waals surface area contributed by atoms with Gasteiger partial charge >= 0.3 is 11.9 Å². The van der Waals surface area contributed by atoms with Crippen LogP contribution in [0.3, 0.4) is 0 Å². The highest BCUT2D eigenvalue weighted by molar-refractivity contribution is 6.02. The van der Waals surface area contributed by atoms with Crippen molar-refractivity contribution in [2.75, 3.05) is 7.11 Å². The molecular weight excluding hydrogens is 496 g/mol. The summed E-state index contributed by atoms with van der Waals surface area (Å²) in [6.07, 6.45) is 3.60. The Morgan fingerprint density at radius 3 is 1.90 bits per heavy atom. The van der Waals surface area contributed by atoms with Crippen LogP contribution >= 0.6 is 0 Å². The van der Waals surface area contributed by atoms with Crippen molar-refractivity contribution in [3.8, 4) is 0 Å². The second-order valence-corrected chi connectivity index (χ2v) is 11.9. The van der Waals surface area contributed by atoms with E-state index >= 15 is 0 Å². The largest absolute Gasteiger partial charge is 0.469 e. The second-order valence-electron chi connectivity index (χ2n) is 11.9. The first-order valence-corrected chi connectivity index (χ1v) is 14.4. The Morgan fingerprint density at radius 1 is 0.750 bits per heavy atom. The third-order valence-corrected chi connectivity index (χ3v) is 8.57. The molecule has 4 heteroatoms. The monoisotopic (exact) mass is 538 g/mol. The van der Waals surface area contributed by atoms with Crippen molar-refractivity contribution in [2.24, 2.45) is 10.8 Å². The van der Waals surface area contributed by atoms with E-state index in [9.17, 15) is 9.59 Å². The average Bonchev–Trinajstić information content (AvgIpc) is 2.98. The van der Waals surface area contributed by atoms with Crippen molar-refractivity contribution >= 4 is 33.5 Å². The first kappa shape index (κ1) is 29.3. The molecule has 2 atom stereocenters. The molecule has 210 valence electrons. The molecule has 0 fully saturated rings. The lowest BCUT2D eigenvalue weighted by molar-refractivity contribution is -0.159. The number of esters is 2. The normalized spacial score (nSPS) is 14.0. The number of carbonyl (C=O) groups excluding carboxylic acids is 2. The predicted octanol–water partition coefficient (Wildman–Crippen LogP) is 9.00. The summed E-state index contributed by atoms with van der Waals surface area (Å²) in [6, 6.07) is 29.2. The van der Waals surface area contributed by atoms with Crippen molar-refractivity contribution in [1.29, 1.82) is 0 Å². The Hall–Kier alpha value is -3.66. The highest BCUT2D eigenvalue weighted by Gasteiger charge is 2.39. The minimum Gasteiger partial charge on any atom is -0.469 e. The predicted molar refractivity (Wildman–Crippen MR) is 163 cm³/mol. The molecule has 0 aliphatic carbocycles. The van der Waals surface area contributed by atoms with Crippen molar-refractivity contribution in [2.45, 2.75) is 72.3 Å². The van der Waals surface area contributed by atoms with Gasteiger partial charge in [-0.05, 0) is 92.0 Å². The lowest BCUT2D eigenvalue weighted by Gasteiger charge is -2.32. The van der Waals surface area contributed by atoms with E-state index in [0.29, 0.717) is 25.2 Å². The molecule has 0 saturated heterocycles. The van der Waals surface area contributed by atoms with Gasteiger partial charge in [-0.15, -0.1) is 0 Å². The lowest BCUT2D eigenvalue weighted by Crippen LogP contribution is -2.34. The van der Waals surface area contributed by atoms with Crippen LogP contribution in [0.25, 0.3) is 21.5 Å². The van der Waals surface area contributed by atoms with Crippen LogP contribution in [0.4, 0.5) is 0 Å². The molecule has 0 amide bonds. The minimum absolute atomic E-state index is 0.201. The van der Waals surface area contributed by atoms with Crippen LogP contribution in [0.1, 0.15) is 76.8 Å². The molecule has 0 bridgehead atoms. The summed E-state index contributed by atoms with van der Waals surface area (Å²) in [5.74, 6) is -0.127. The van der Waals surface area contributed by atoms with E-state index in [1.54, 1.807) is 0 Å². The zero-order valence-electron chi connectivity index (χ0n) is 24.5. The maximum Gasteiger partial charge on any atom is 0.312 e. The molecule has 0 aliphatic rings. The van der Waals surface area contributed by atoms with E-state index in [1.807, 2.05) is 51.1 Å². The topological polar surface area (TPSA) is 52.6 Å². The molecule has 0 aromatic heterocycles. The number of carbonyl (C=O) groups is 2. The number of fused-ring (bicyclic) bond motifs is 2. The molecule has 4 aromatic carbocycles. The molecule has 0 heterocycles. The first-order valence-electron chi connectivity index (χ1n) is 14.4. The van der Waals surface area contributed by atoms with Crippen LogP contribution in [0.5, 0.6) is 0 Å². The summed E-state index contributed by atoms with van der Waals surface area (Å²) in [4.78, 5) is 26.4. The quantitative estimate of drug-likeness (QED) is 0.133. The Bertz CT molecular complexity index is 1400. The second kappa shape index (κ2) is 12.7.